The predicted octanol–water partition coefficient (Wildman–Crippen LogP) is 5.12. The number of anilines is 1. The number of carbonyl (C=O) groups excluding carboxylic acids is 2. The summed E-state index contributed by atoms with van der Waals surface area (Å²) in [4.78, 5) is 31.8. The highest BCUT2D eigenvalue weighted by Gasteiger charge is 2.48. The zero-order valence-corrected chi connectivity index (χ0v) is 19.5. The summed E-state index contributed by atoms with van der Waals surface area (Å²) in [5, 5.41) is 13.3. The van der Waals surface area contributed by atoms with E-state index in [1.165, 1.54) is 16.2 Å². The fourth-order valence-corrected chi connectivity index (χ4v) is 4.36. The summed E-state index contributed by atoms with van der Waals surface area (Å²) in [6, 6.07) is 13.0. The molecule has 0 saturated carbocycles. The molecule has 0 radical (unpaired) electrons. The topological polar surface area (TPSA) is 89.0 Å². The molecule has 2 heterocycles. The number of nitrogens with zero attached hydrogens (tertiary/aromatic N) is 2. The Labute approximate surface area is 201 Å². The second-order valence-electron chi connectivity index (χ2n) is 7.53. The van der Waals surface area contributed by atoms with Gasteiger partial charge in [-0.3, -0.25) is 14.5 Å². The summed E-state index contributed by atoms with van der Waals surface area (Å²) in [7, 11) is 0. The average molecular weight is 477 g/mol. The van der Waals surface area contributed by atoms with Crippen LogP contribution in [0.3, 0.4) is 0 Å². The first-order valence-electron chi connectivity index (χ1n) is 10.8. The van der Waals surface area contributed by atoms with Crippen LogP contribution < -0.4 is 14.4 Å². The second-order valence-corrected chi connectivity index (χ2v) is 8.40. The Kier molecular flexibility index (Phi) is 7.08. The van der Waals surface area contributed by atoms with Crippen LogP contribution in [0, 0.1) is 0 Å². The lowest BCUT2D eigenvalue weighted by molar-refractivity contribution is -0.132. The zero-order valence-electron chi connectivity index (χ0n) is 18.6. The van der Waals surface area contributed by atoms with E-state index in [2.05, 4.69) is 11.6 Å². The smallest absolute Gasteiger partial charge is 0.301 e. The summed E-state index contributed by atoms with van der Waals surface area (Å²) in [5.74, 6) is -0.594. The second kappa shape index (κ2) is 10.4. The van der Waals surface area contributed by atoms with Crippen molar-refractivity contribution in [2.75, 3.05) is 18.1 Å². The van der Waals surface area contributed by atoms with Crippen molar-refractivity contribution in [3.05, 3.63) is 89.5 Å². The minimum atomic E-state index is -0.847. The third kappa shape index (κ3) is 4.58. The Balaban J connectivity index is 1.81. The van der Waals surface area contributed by atoms with Gasteiger partial charge in [0.15, 0.2) is 5.13 Å². The number of aromatic nitrogens is 1. The van der Waals surface area contributed by atoms with Crippen LogP contribution in [0.5, 0.6) is 11.5 Å². The first-order chi connectivity index (χ1) is 16.5. The van der Waals surface area contributed by atoms with E-state index in [4.69, 9.17) is 9.47 Å². The van der Waals surface area contributed by atoms with Gasteiger partial charge in [0, 0.05) is 17.1 Å². The number of hydrogen-bond donors (Lipinski definition) is 1. The number of thiazole rings is 1. The van der Waals surface area contributed by atoms with Gasteiger partial charge in [0.05, 0.1) is 18.2 Å². The Hall–Kier alpha value is -3.91. The average Bonchev–Trinajstić information content (AvgIpc) is 3.48. The molecule has 1 N–H and O–H groups in total. The van der Waals surface area contributed by atoms with Gasteiger partial charge in [0.25, 0.3) is 5.78 Å². The summed E-state index contributed by atoms with van der Waals surface area (Å²) in [6.07, 6.45) is 4.04. The van der Waals surface area contributed by atoms with Crippen LogP contribution in [-0.4, -0.2) is 35.0 Å². The van der Waals surface area contributed by atoms with E-state index >= 15 is 0 Å². The molecule has 1 fully saturated rings. The van der Waals surface area contributed by atoms with Crippen molar-refractivity contribution in [2.45, 2.75) is 19.4 Å². The van der Waals surface area contributed by atoms with Gasteiger partial charge in [-0.15, -0.1) is 11.3 Å². The maximum Gasteiger partial charge on any atom is 0.301 e. The maximum atomic E-state index is 13.2. The molecular formula is C26H24N2O5S. The number of hydrogen-bond acceptors (Lipinski definition) is 7. The fraction of sp³-hybridized carbons (Fsp3) is 0.192. The van der Waals surface area contributed by atoms with Gasteiger partial charge in [0.1, 0.15) is 23.9 Å². The Morgan fingerprint density at radius 3 is 2.65 bits per heavy atom. The lowest BCUT2D eigenvalue weighted by atomic mass is 9.95. The molecule has 174 valence electrons. The van der Waals surface area contributed by atoms with E-state index in [-0.39, 0.29) is 11.3 Å². The van der Waals surface area contributed by atoms with Crippen molar-refractivity contribution in [1.82, 2.24) is 4.98 Å². The van der Waals surface area contributed by atoms with Crippen LogP contribution in [0.4, 0.5) is 5.13 Å². The zero-order chi connectivity index (χ0) is 24.1. The molecule has 8 heteroatoms. The number of Topliss-reactive ketones (excluding diaryl/α,β-unsaturated/α-hetero) is 1. The van der Waals surface area contributed by atoms with Gasteiger partial charge < -0.3 is 14.6 Å². The number of benzene rings is 2. The van der Waals surface area contributed by atoms with Crippen LogP contribution in [0.25, 0.3) is 5.76 Å². The van der Waals surface area contributed by atoms with Crippen LogP contribution in [0.2, 0.25) is 0 Å². The van der Waals surface area contributed by atoms with Crippen molar-refractivity contribution in [3.8, 4) is 11.5 Å². The standard InChI is InChI=1S/C26H24N2O5S/c1-3-13-32-19-10-8-17(9-11-19)22-21(24(30)25(31)28(22)26-27-12-15-34-26)23(29)18-6-5-7-20(16-18)33-14-4-2/h3,5-12,15-16,22,29H,1,4,13-14H2,2H3/b23-21+. The monoisotopic (exact) mass is 476 g/mol. The largest absolute Gasteiger partial charge is 0.507 e. The molecule has 1 saturated heterocycles. The molecule has 7 nitrogen and oxygen atoms in total. The SMILES string of the molecule is C=CCOc1ccc(C2/C(=C(\O)c3cccc(OCCC)c3)C(=O)C(=O)N2c2nccs2)cc1. The lowest BCUT2D eigenvalue weighted by Crippen LogP contribution is -2.29. The third-order valence-corrected chi connectivity index (χ3v) is 5.98. The molecule has 4 rings (SSSR count). The Morgan fingerprint density at radius 2 is 1.97 bits per heavy atom. The molecule has 1 aromatic heterocycles. The van der Waals surface area contributed by atoms with E-state index in [9.17, 15) is 14.7 Å². The van der Waals surface area contributed by atoms with Gasteiger partial charge in [-0.2, -0.15) is 0 Å². The first-order valence-corrected chi connectivity index (χ1v) is 11.7. The molecule has 0 aliphatic carbocycles. The van der Waals surface area contributed by atoms with Crippen molar-refractivity contribution < 1.29 is 24.2 Å². The van der Waals surface area contributed by atoms with E-state index in [0.29, 0.717) is 41.0 Å². The quantitative estimate of drug-likeness (QED) is 0.200. The van der Waals surface area contributed by atoms with Gasteiger partial charge >= 0.3 is 5.91 Å². The van der Waals surface area contributed by atoms with E-state index < -0.39 is 17.7 Å². The predicted molar refractivity (Wildman–Crippen MR) is 131 cm³/mol. The number of ether oxygens (including phenoxy) is 2. The number of ketones is 1. The lowest BCUT2D eigenvalue weighted by Gasteiger charge is -2.23. The highest BCUT2D eigenvalue weighted by molar-refractivity contribution is 7.14. The molecule has 0 bridgehead atoms. The molecular weight excluding hydrogens is 452 g/mol. The minimum absolute atomic E-state index is 0.00685. The Morgan fingerprint density at radius 1 is 1.18 bits per heavy atom. The van der Waals surface area contributed by atoms with Crippen molar-refractivity contribution in [3.63, 3.8) is 0 Å². The van der Waals surface area contributed by atoms with Gasteiger partial charge in [-0.05, 0) is 36.2 Å². The Bertz CT molecular complexity index is 1220. The number of aliphatic hydroxyl groups is 1. The van der Waals surface area contributed by atoms with Crippen molar-refractivity contribution in [1.29, 1.82) is 0 Å². The molecule has 1 aliphatic rings. The molecule has 0 spiro atoms. The van der Waals surface area contributed by atoms with Gasteiger partial charge in [-0.25, -0.2) is 4.98 Å². The summed E-state index contributed by atoms with van der Waals surface area (Å²) in [5.41, 5.74) is 1.02. The third-order valence-electron chi connectivity index (χ3n) is 5.21. The summed E-state index contributed by atoms with van der Waals surface area (Å²) < 4.78 is 11.2. The van der Waals surface area contributed by atoms with Gasteiger partial charge in [-0.1, -0.05) is 43.8 Å². The molecule has 1 atom stereocenters. The number of aliphatic hydroxyl groups excluding tert-OH is 1. The van der Waals surface area contributed by atoms with E-state index in [0.717, 1.165) is 6.42 Å². The van der Waals surface area contributed by atoms with Crippen LogP contribution >= 0.6 is 11.3 Å². The molecule has 2 aromatic carbocycles. The highest BCUT2D eigenvalue weighted by Crippen LogP contribution is 2.43. The number of carbonyl (C=O) groups is 2. The van der Waals surface area contributed by atoms with Crippen molar-refractivity contribution in [2.24, 2.45) is 0 Å². The molecule has 1 amide bonds. The number of amides is 1. The molecule has 1 unspecified atom stereocenters. The van der Waals surface area contributed by atoms with Crippen LogP contribution in [0.1, 0.15) is 30.5 Å². The molecule has 3 aromatic rings. The summed E-state index contributed by atoms with van der Waals surface area (Å²) in [6.45, 7) is 6.52. The maximum absolute atomic E-state index is 13.2. The van der Waals surface area contributed by atoms with Crippen LogP contribution in [0.15, 0.2) is 78.3 Å². The van der Waals surface area contributed by atoms with Crippen molar-refractivity contribution >= 4 is 33.9 Å². The van der Waals surface area contributed by atoms with E-state index in [1.54, 1.807) is 66.2 Å². The molecule has 1 aliphatic heterocycles. The highest BCUT2D eigenvalue weighted by atomic mass is 32.1. The van der Waals surface area contributed by atoms with Gasteiger partial charge in [0.2, 0.25) is 0 Å². The van der Waals surface area contributed by atoms with Crippen LogP contribution in [-0.2, 0) is 9.59 Å². The molecule has 34 heavy (non-hydrogen) atoms. The first kappa shape index (κ1) is 23.3. The fourth-order valence-electron chi connectivity index (χ4n) is 3.69. The van der Waals surface area contributed by atoms with E-state index in [1.807, 2.05) is 6.92 Å². The normalized spacial score (nSPS) is 17.1. The minimum Gasteiger partial charge on any atom is -0.507 e. The summed E-state index contributed by atoms with van der Waals surface area (Å²) >= 11 is 1.24. The number of rotatable bonds is 9.